The van der Waals surface area contributed by atoms with Gasteiger partial charge < -0.3 is 13.8 Å². The Morgan fingerprint density at radius 1 is 1.07 bits per heavy atom. The molecule has 146 valence electrons. The van der Waals surface area contributed by atoms with E-state index < -0.39 is 0 Å². The minimum atomic E-state index is 0.608. The summed E-state index contributed by atoms with van der Waals surface area (Å²) in [5.41, 5.74) is 2.38. The number of piperidine rings is 1. The van der Waals surface area contributed by atoms with E-state index in [1.807, 2.05) is 38.2 Å². The Labute approximate surface area is 164 Å². The zero-order valence-corrected chi connectivity index (χ0v) is 16.4. The molecule has 5 heterocycles. The van der Waals surface area contributed by atoms with Crippen molar-refractivity contribution in [1.82, 2.24) is 20.0 Å². The van der Waals surface area contributed by atoms with Gasteiger partial charge >= 0.3 is 0 Å². The fourth-order valence-corrected chi connectivity index (χ4v) is 4.28. The van der Waals surface area contributed by atoms with E-state index in [1.54, 1.807) is 0 Å². The highest BCUT2D eigenvalue weighted by molar-refractivity contribution is 5.76. The number of hydrogen-bond donors (Lipinski definition) is 0. The second-order valence-corrected chi connectivity index (χ2v) is 7.81. The van der Waals surface area contributed by atoms with Crippen LogP contribution in [0.25, 0.3) is 22.8 Å². The van der Waals surface area contributed by atoms with Gasteiger partial charge in [0.25, 0.3) is 0 Å². The lowest BCUT2D eigenvalue weighted by Crippen LogP contribution is -2.55. The number of anilines is 1. The average molecular weight is 379 g/mol. The Hall–Kier alpha value is -2.67. The average Bonchev–Trinajstić information content (AvgIpc) is 3.35. The lowest BCUT2D eigenvalue weighted by molar-refractivity contribution is 0.133. The highest BCUT2D eigenvalue weighted by Crippen LogP contribution is 2.33. The third kappa shape index (κ3) is 3.20. The van der Waals surface area contributed by atoms with Crippen LogP contribution in [-0.2, 0) is 0 Å². The summed E-state index contributed by atoms with van der Waals surface area (Å²) in [4.78, 5) is 14.5. The molecule has 0 amide bonds. The van der Waals surface area contributed by atoms with Crippen LogP contribution in [0.1, 0.15) is 30.7 Å². The van der Waals surface area contributed by atoms with Crippen LogP contribution in [0.5, 0.6) is 0 Å². The number of piperazine rings is 1. The summed E-state index contributed by atoms with van der Waals surface area (Å²) >= 11 is 0. The van der Waals surface area contributed by atoms with Gasteiger partial charge in [0.15, 0.2) is 11.5 Å². The smallest absolute Gasteiger partial charge is 0.226 e. The molecule has 0 radical (unpaired) electrons. The summed E-state index contributed by atoms with van der Waals surface area (Å²) in [6.07, 6.45) is 5.73. The molecule has 1 unspecified atom stereocenters. The molecular formula is C21H25N5O2. The first-order chi connectivity index (χ1) is 13.7. The normalized spacial score (nSPS) is 20.4. The van der Waals surface area contributed by atoms with Crippen molar-refractivity contribution in [1.29, 1.82) is 0 Å². The SMILES string of the molecule is Cc1cc(-c2cnc(N3CCN4CCCCC4C3)nc2-c2ccc(C)o2)on1. The third-order valence-corrected chi connectivity index (χ3v) is 5.76. The minimum absolute atomic E-state index is 0.608. The molecule has 1 atom stereocenters. The molecule has 0 spiro atoms. The van der Waals surface area contributed by atoms with Crippen LogP contribution in [0.15, 0.2) is 33.3 Å². The number of aromatic nitrogens is 3. The number of fused-ring (bicyclic) bond motifs is 1. The fourth-order valence-electron chi connectivity index (χ4n) is 4.28. The third-order valence-electron chi connectivity index (χ3n) is 5.76. The first kappa shape index (κ1) is 17.4. The molecule has 0 bridgehead atoms. The number of aryl methyl sites for hydroxylation is 2. The highest BCUT2D eigenvalue weighted by atomic mass is 16.5. The van der Waals surface area contributed by atoms with E-state index in [4.69, 9.17) is 13.9 Å². The van der Waals surface area contributed by atoms with Crippen LogP contribution < -0.4 is 4.90 Å². The molecule has 2 fully saturated rings. The quantitative estimate of drug-likeness (QED) is 0.687. The van der Waals surface area contributed by atoms with Gasteiger partial charge in [-0.3, -0.25) is 4.90 Å². The predicted molar refractivity (Wildman–Crippen MR) is 106 cm³/mol. The molecule has 2 saturated heterocycles. The molecule has 3 aromatic heterocycles. The van der Waals surface area contributed by atoms with Crippen molar-refractivity contribution >= 4 is 5.95 Å². The van der Waals surface area contributed by atoms with Gasteiger partial charge in [-0.05, 0) is 45.4 Å². The van der Waals surface area contributed by atoms with Crippen LogP contribution in [0, 0.1) is 13.8 Å². The van der Waals surface area contributed by atoms with Gasteiger partial charge in [0.05, 0.1) is 11.3 Å². The van der Waals surface area contributed by atoms with E-state index in [-0.39, 0.29) is 0 Å². The second-order valence-electron chi connectivity index (χ2n) is 7.81. The molecule has 0 aliphatic carbocycles. The zero-order valence-electron chi connectivity index (χ0n) is 16.4. The monoisotopic (exact) mass is 379 g/mol. The van der Waals surface area contributed by atoms with Crippen LogP contribution in [-0.4, -0.2) is 52.2 Å². The molecule has 7 heteroatoms. The maximum atomic E-state index is 5.89. The molecule has 0 N–H and O–H groups in total. The Kier molecular flexibility index (Phi) is 4.39. The molecule has 0 aromatic carbocycles. The first-order valence-corrected chi connectivity index (χ1v) is 10.0. The Morgan fingerprint density at radius 3 is 2.79 bits per heavy atom. The van der Waals surface area contributed by atoms with Gasteiger partial charge in [-0.1, -0.05) is 11.6 Å². The van der Waals surface area contributed by atoms with E-state index >= 15 is 0 Å². The largest absolute Gasteiger partial charge is 0.460 e. The molecule has 7 nitrogen and oxygen atoms in total. The van der Waals surface area contributed by atoms with Crippen molar-refractivity contribution in [2.75, 3.05) is 31.1 Å². The summed E-state index contributed by atoms with van der Waals surface area (Å²) in [5.74, 6) is 2.99. The van der Waals surface area contributed by atoms with Crippen LogP contribution >= 0.6 is 0 Å². The van der Waals surface area contributed by atoms with Gasteiger partial charge in [-0.15, -0.1) is 0 Å². The van der Waals surface area contributed by atoms with Gasteiger partial charge in [0, 0.05) is 37.9 Å². The Balaban J connectivity index is 1.51. The van der Waals surface area contributed by atoms with Crippen molar-refractivity contribution < 1.29 is 8.94 Å². The molecule has 5 rings (SSSR count). The van der Waals surface area contributed by atoms with Gasteiger partial charge in [-0.2, -0.15) is 0 Å². The van der Waals surface area contributed by atoms with E-state index in [0.717, 1.165) is 54.1 Å². The predicted octanol–water partition coefficient (Wildman–Crippen LogP) is 3.68. The maximum absolute atomic E-state index is 5.89. The van der Waals surface area contributed by atoms with Crippen LogP contribution in [0.2, 0.25) is 0 Å². The van der Waals surface area contributed by atoms with Crippen molar-refractivity contribution in [2.24, 2.45) is 0 Å². The molecular weight excluding hydrogens is 354 g/mol. The summed E-state index contributed by atoms with van der Waals surface area (Å²) in [7, 11) is 0. The molecule has 2 aliphatic rings. The van der Waals surface area contributed by atoms with Gasteiger partial charge in [0.1, 0.15) is 11.5 Å². The summed E-state index contributed by atoms with van der Waals surface area (Å²) in [6, 6.07) is 6.41. The Bertz CT molecular complexity index is 979. The Morgan fingerprint density at radius 2 is 2.00 bits per heavy atom. The molecule has 0 saturated carbocycles. The van der Waals surface area contributed by atoms with Crippen LogP contribution in [0.4, 0.5) is 5.95 Å². The van der Waals surface area contributed by atoms with Crippen molar-refractivity contribution in [3.63, 3.8) is 0 Å². The van der Waals surface area contributed by atoms with E-state index in [0.29, 0.717) is 11.8 Å². The number of hydrogen-bond acceptors (Lipinski definition) is 7. The van der Waals surface area contributed by atoms with Gasteiger partial charge in [0.2, 0.25) is 5.95 Å². The van der Waals surface area contributed by atoms with E-state index in [1.165, 1.54) is 25.8 Å². The molecule has 2 aliphatic heterocycles. The lowest BCUT2D eigenvalue weighted by Gasteiger charge is -2.44. The topological polar surface area (TPSA) is 71.4 Å². The molecule has 28 heavy (non-hydrogen) atoms. The molecule has 3 aromatic rings. The lowest BCUT2D eigenvalue weighted by atomic mass is 10.00. The number of rotatable bonds is 3. The first-order valence-electron chi connectivity index (χ1n) is 10.0. The van der Waals surface area contributed by atoms with Crippen molar-refractivity contribution in [3.05, 3.63) is 35.9 Å². The zero-order chi connectivity index (χ0) is 19.1. The highest BCUT2D eigenvalue weighted by Gasteiger charge is 2.30. The van der Waals surface area contributed by atoms with Crippen molar-refractivity contribution in [2.45, 2.75) is 39.2 Å². The van der Waals surface area contributed by atoms with Crippen molar-refractivity contribution in [3.8, 4) is 22.8 Å². The fraction of sp³-hybridized carbons (Fsp3) is 0.476. The van der Waals surface area contributed by atoms with E-state index in [2.05, 4.69) is 19.9 Å². The summed E-state index contributed by atoms with van der Waals surface area (Å²) in [6.45, 7) is 8.08. The van der Waals surface area contributed by atoms with Crippen LogP contribution in [0.3, 0.4) is 0 Å². The second kappa shape index (κ2) is 7.05. The van der Waals surface area contributed by atoms with Gasteiger partial charge in [-0.25, -0.2) is 9.97 Å². The number of nitrogens with zero attached hydrogens (tertiary/aromatic N) is 5. The standard InChI is InChI=1S/C21H25N5O2/c1-14-11-19(28-24-14)17-12-22-21(23-20(17)18-7-6-15(2)27-18)26-10-9-25-8-4-3-5-16(25)13-26/h6-7,11-12,16H,3-5,8-10,13H2,1-2H3. The minimum Gasteiger partial charge on any atom is -0.460 e. The summed E-state index contributed by atoms with van der Waals surface area (Å²) < 4.78 is 11.4. The van der Waals surface area contributed by atoms with E-state index in [9.17, 15) is 0 Å². The maximum Gasteiger partial charge on any atom is 0.226 e. The number of furan rings is 1. The summed E-state index contributed by atoms with van der Waals surface area (Å²) in [5, 5.41) is 4.01.